The second-order valence-corrected chi connectivity index (χ2v) is 7.99. The lowest BCUT2D eigenvalue weighted by molar-refractivity contribution is -0.124. The molecule has 1 amide bonds. The number of nitrogens with one attached hydrogen (secondary N) is 1. The maximum absolute atomic E-state index is 13.2. The van der Waals surface area contributed by atoms with Crippen molar-refractivity contribution in [2.45, 2.75) is 26.3 Å². The average Bonchev–Trinajstić information content (AvgIpc) is 3.19. The van der Waals surface area contributed by atoms with E-state index in [1.54, 1.807) is 5.51 Å². The molecular formula is C20H18N4O3S. The largest absolute Gasteiger partial charge is 0.457 e. The first kappa shape index (κ1) is 18.2. The summed E-state index contributed by atoms with van der Waals surface area (Å²) >= 11 is 1.27. The third-order valence-electron chi connectivity index (χ3n) is 4.97. The predicted octanol–water partition coefficient (Wildman–Crippen LogP) is 4.71. The van der Waals surface area contributed by atoms with Crippen molar-refractivity contribution >= 4 is 22.4 Å². The van der Waals surface area contributed by atoms with Crippen molar-refractivity contribution in [2.24, 2.45) is 10.6 Å². The number of benzene rings is 2. The Hall–Kier alpha value is -3.13. The maximum atomic E-state index is 13.2. The lowest BCUT2D eigenvalue weighted by atomic mass is 9.69. The summed E-state index contributed by atoms with van der Waals surface area (Å²) in [5.41, 5.74) is 3.37. The highest BCUT2D eigenvalue weighted by molar-refractivity contribution is 7.13. The Labute approximate surface area is 165 Å². The van der Waals surface area contributed by atoms with Crippen LogP contribution in [0.1, 0.15) is 36.5 Å². The number of nitrogens with zero attached hydrogens (tertiary/aromatic N) is 3. The van der Waals surface area contributed by atoms with Crippen LogP contribution in [-0.4, -0.2) is 16.1 Å². The Morgan fingerprint density at radius 2 is 2.00 bits per heavy atom. The lowest BCUT2D eigenvalue weighted by Crippen LogP contribution is -2.38. The van der Waals surface area contributed by atoms with Crippen LogP contribution in [0.4, 0.5) is 5.13 Å². The number of carbonyl (C=O) groups is 1. The number of aromatic nitrogens is 2. The van der Waals surface area contributed by atoms with Crippen molar-refractivity contribution in [1.29, 1.82) is 0 Å². The van der Waals surface area contributed by atoms with Crippen molar-refractivity contribution in [1.82, 2.24) is 10.2 Å². The van der Waals surface area contributed by atoms with E-state index < -0.39 is 5.41 Å². The first-order chi connectivity index (χ1) is 13.5. The van der Waals surface area contributed by atoms with Gasteiger partial charge in [0.05, 0.1) is 5.41 Å². The molecule has 0 saturated heterocycles. The summed E-state index contributed by atoms with van der Waals surface area (Å²) in [7, 11) is 0. The fraction of sp³-hybridized carbons (Fsp3) is 0.250. The zero-order chi connectivity index (χ0) is 19.7. The first-order valence-corrected chi connectivity index (χ1v) is 9.65. The summed E-state index contributed by atoms with van der Waals surface area (Å²) in [6, 6.07) is 13.3. The molecule has 142 valence electrons. The van der Waals surface area contributed by atoms with Gasteiger partial charge >= 0.3 is 0 Å². The van der Waals surface area contributed by atoms with Crippen molar-refractivity contribution in [3.8, 4) is 11.5 Å². The molecule has 0 saturated carbocycles. The summed E-state index contributed by atoms with van der Waals surface area (Å²) in [6.45, 7) is 3.88. The smallest absolute Gasteiger partial charge is 0.232 e. The molecule has 1 unspecified atom stereocenters. The van der Waals surface area contributed by atoms with E-state index in [9.17, 15) is 9.70 Å². The van der Waals surface area contributed by atoms with Crippen LogP contribution in [0, 0.1) is 10.3 Å². The molecule has 4 rings (SSSR count). The molecule has 1 aliphatic rings. The Bertz CT molecular complexity index is 1030. The standard InChI is InChI=1S/C20H18N4O3S/c1-20(2,18(25)23-19-24-21-11-28-19)17-13-5-3-4-6-15(13)27-16-9-12(10-22-26)7-8-14(16)17/h3-9,11,17H,10H2,1-2H3,(H,23,24,25). The highest BCUT2D eigenvalue weighted by Crippen LogP contribution is 2.52. The van der Waals surface area contributed by atoms with Gasteiger partial charge in [0, 0.05) is 17.0 Å². The molecule has 0 aliphatic carbocycles. The molecule has 1 aliphatic heterocycles. The van der Waals surface area contributed by atoms with Crippen LogP contribution in [0.25, 0.3) is 0 Å². The van der Waals surface area contributed by atoms with Gasteiger partial charge in [-0.3, -0.25) is 4.79 Å². The van der Waals surface area contributed by atoms with Gasteiger partial charge in [-0.05, 0) is 17.7 Å². The van der Waals surface area contributed by atoms with E-state index in [0.717, 1.165) is 16.7 Å². The number of fused-ring (bicyclic) bond motifs is 2. The fourth-order valence-corrected chi connectivity index (χ4v) is 4.01. The monoisotopic (exact) mass is 394 g/mol. The van der Waals surface area contributed by atoms with Gasteiger partial charge < -0.3 is 10.1 Å². The Morgan fingerprint density at radius 1 is 1.21 bits per heavy atom. The average molecular weight is 394 g/mol. The number of nitroso groups, excluding NO2 is 1. The van der Waals surface area contributed by atoms with Gasteiger partial charge in [0.2, 0.25) is 11.0 Å². The SMILES string of the molecule is CC(C)(C(=O)Nc1nncs1)C1c2ccccc2Oc2cc(CN=O)ccc21. The molecule has 0 radical (unpaired) electrons. The Morgan fingerprint density at radius 3 is 2.75 bits per heavy atom. The summed E-state index contributed by atoms with van der Waals surface area (Å²) in [6.07, 6.45) is 0. The molecule has 2 aromatic carbocycles. The number of hydrogen-bond donors (Lipinski definition) is 1. The Balaban J connectivity index is 1.79. The molecule has 1 N–H and O–H groups in total. The number of anilines is 1. The van der Waals surface area contributed by atoms with Gasteiger partial charge in [0.1, 0.15) is 23.6 Å². The van der Waals surface area contributed by atoms with Crippen molar-refractivity contribution in [2.75, 3.05) is 5.32 Å². The Kier molecular flexibility index (Phi) is 4.64. The zero-order valence-corrected chi connectivity index (χ0v) is 16.2. The lowest BCUT2D eigenvalue weighted by Gasteiger charge is -2.38. The predicted molar refractivity (Wildman–Crippen MR) is 107 cm³/mol. The number of hydrogen-bond acceptors (Lipinski definition) is 7. The summed E-state index contributed by atoms with van der Waals surface area (Å²) in [5, 5.41) is 14.0. The molecule has 1 atom stereocenters. The second-order valence-electron chi connectivity index (χ2n) is 7.15. The highest BCUT2D eigenvalue weighted by Gasteiger charge is 2.43. The third-order valence-corrected chi connectivity index (χ3v) is 5.58. The van der Waals surface area contributed by atoms with Crippen LogP contribution >= 0.6 is 11.3 Å². The van der Waals surface area contributed by atoms with Crippen molar-refractivity contribution < 1.29 is 9.53 Å². The van der Waals surface area contributed by atoms with Crippen LogP contribution in [0.15, 0.2) is 53.2 Å². The normalized spacial score (nSPS) is 15.1. The molecule has 0 spiro atoms. The van der Waals surface area contributed by atoms with E-state index in [0.29, 0.717) is 16.6 Å². The molecule has 1 aromatic heterocycles. The minimum Gasteiger partial charge on any atom is -0.457 e. The third kappa shape index (κ3) is 3.16. The van der Waals surface area contributed by atoms with Crippen LogP contribution in [0.2, 0.25) is 0 Å². The minimum absolute atomic E-state index is 0.0733. The molecule has 2 heterocycles. The number of para-hydroxylation sites is 1. The van der Waals surface area contributed by atoms with Gasteiger partial charge in [-0.2, -0.15) is 4.91 Å². The summed E-state index contributed by atoms with van der Waals surface area (Å²) < 4.78 is 6.08. The molecule has 8 heteroatoms. The van der Waals surface area contributed by atoms with Gasteiger partial charge in [0.15, 0.2) is 0 Å². The minimum atomic E-state index is -0.801. The van der Waals surface area contributed by atoms with Crippen LogP contribution in [-0.2, 0) is 11.3 Å². The van der Waals surface area contributed by atoms with Crippen molar-refractivity contribution in [3.05, 3.63) is 69.6 Å². The quantitative estimate of drug-likeness (QED) is 0.633. The zero-order valence-electron chi connectivity index (χ0n) is 15.4. The number of rotatable bonds is 5. The van der Waals surface area contributed by atoms with Gasteiger partial charge in [-0.25, -0.2) is 0 Å². The van der Waals surface area contributed by atoms with E-state index in [2.05, 4.69) is 20.7 Å². The molecule has 28 heavy (non-hydrogen) atoms. The van der Waals surface area contributed by atoms with E-state index >= 15 is 0 Å². The van der Waals surface area contributed by atoms with Gasteiger partial charge in [-0.15, -0.1) is 10.2 Å². The molecule has 3 aromatic rings. The van der Waals surface area contributed by atoms with E-state index in [-0.39, 0.29) is 18.4 Å². The highest BCUT2D eigenvalue weighted by atomic mass is 32.1. The van der Waals surface area contributed by atoms with Gasteiger partial charge in [-0.1, -0.05) is 60.7 Å². The maximum Gasteiger partial charge on any atom is 0.232 e. The summed E-state index contributed by atoms with van der Waals surface area (Å²) in [5.74, 6) is 0.948. The summed E-state index contributed by atoms with van der Waals surface area (Å²) in [4.78, 5) is 23.8. The van der Waals surface area contributed by atoms with Crippen LogP contribution < -0.4 is 10.1 Å². The van der Waals surface area contributed by atoms with E-state index in [1.807, 2.05) is 56.3 Å². The molecule has 0 bridgehead atoms. The molecule has 7 nitrogen and oxygen atoms in total. The van der Waals surface area contributed by atoms with Crippen LogP contribution in [0.5, 0.6) is 11.5 Å². The molecule has 0 fully saturated rings. The second kappa shape index (κ2) is 7.12. The number of ether oxygens (including phenoxy) is 1. The topological polar surface area (TPSA) is 93.5 Å². The van der Waals surface area contributed by atoms with Crippen LogP contribution in [0.3, 0.4) is 0 Å². The van der Waals surface area contributed by atoms with E-state index in [4.69, 9.17) is 4.74 Å². The van der Waals surface area contributed by atoms with E-state index in [1.165, 1.54) is 11.3 Å². The van der Waals surface area contributed by atoms with Gasteiger partial charge in [0.25, 0.3) is 0 Å². The number of carbonyl (C=O) groups excluding carboxylic acids is 1. The molecular weight excluding hydrogens is 376 g/mol. The van der Waals surface area contributed by atoms with Crippen molar-refractivity contribution in [3.63, 3.8) is 0 Å². The first-order valence-electron chi connectivity index (χ1n) is 8.77. The number of amides is 1. The fourth-order valence-electron chi connectivity index (χ4n) is 3.57.